The summed E-state index contributed by atoms with van der Waals surface area (Å²) >= 11 is 0. The lowest BCUT2D eigenvalue weighted by Gasteiger charge is -2.35. The topological polar surface area (TPSA) is 73.0 Å². The average Bonchev–Trinajstić information content (AvgIpc) is 3.31. The summed E-state index contributed by atoms with van der Waals surface area (Å²) in [5.74, 6) is 0.0143. The molecule has 7 nitrogen and oxygen atoms in total. The van der Waals surface area contributed by atoms with Gasteiger partial charge in [0.15, 0.2) is 0 Å². The van der Waals surface area contributed by atoms with E-state index >= 15 is 0 Å². The van der Waals surface area contributed by atoms with Crippen molar-refractivity contribution in [2.45, 2.75) is 24.2 Å². The minimum atomic E-state index is -3.64. The maximum Gasteiger partial charge on any atom is 0.240 e. The van der Waals surface area contributed by atoms with Crippen molar-refractivity contribution in [3.8, 4) is 0 Å². The Morgan fingerprint density at radius 3 is 2.19 bits per heavy atom. The number of hydrogen-bond acceptors (Lipinski definition) is 5. The molecule has 8 heteroatoms. The summed E-state index contributed by atoms with van der Waals surface area (Å²) in [6.07, 6.45) is 2.81. The van der Waals surface area contributed by atoms with Gasteiger partial charge in [-0.25, -0.2) is 13.1 Å². The fourth-order valence-corrected chi connectivity index (χ4v) is 5.45. The minimum Gasteiger partial charge on any atom is -0.340 e. The van der Waals surface area contributed by atoms with E-state index in [-0.39, 0.29) is 23.8 Å². The van der Waals surface area contributed by atoms with Gasteiger partial charge in [0, 0.05) is 52.2 Å². The molecule has 2 aromatic rings. The molecule has 1 amide bonds. The zero-order valence-electron chi connectivity index (χ0n) is 18.0. The summed E-state index contributed by atoms with van der Waals surface area (Å²) in [5, 5.41) is 1.88. The smallest absolute Gasteiger partial charge is 0.240 e. The standard InChI is InChI=1S/C23H32N4O3S/c28-23(27-17-15-26(16-18-27)14-13-25-11-3-4-12-25)9-10-24-31(29,30)22-8-7-20-5-1-2-6-21(20)19-22/h1-2,5-8,19,24H,3-4,9-18H2. The van der Waals surface area contributed by atoms with Gasteiger partial charge in [0.25, 0.3) is 0 Å². The number of nitrogens with zero attached hydrogens (tertiary/aromatic N) is 3. The first-order chi connectivity index (χ1) is 15.0. The summed E-state index contributed by atoms with van der Waals surface area (Å²) in [6.45, 7) is 7.94. The Kier molecular flexibility index (Phi) is 7.22. The van der Waals surface area contributed by atoms with Crippen molar-refractivity contribution in [3.05, 3.63) is 42.5 Å². The predicted molar refractivity (Wildman–Crippen MR) is 122 cm³/mol. The van der Waals surface area contributed by atoms with Gasteiger partial charge in [0.05, 0.1) is 4.90 Å². The van der Waals surface area contributed by atoms with Crippen LogP contribution in [0, 0.1) is 0 Å². The number of nitrogens with one attached hydrogen (secondary N) is 1. The Labute approximate surface area is 185 Å². The molecule has 0 spiro atoms. The molecule has 2 aliphatic rings. The second kappa shape index (κ2) is 10.1. The highest BCUT2D eigenvalue weighted by atomic mass is 32.2. The van der Waals surface area contributed by atoms with E-state index in [4.69, 9.17) is 0 Å². The van der Waals surface area contributed by atoms with Crippen LogP contribution >= 0.6 is 0 Å². The van der Waals surface area contributed by atoms with E-state index in [0.717, 1.165) is 50.0 Å². The molecule has 168 valence electrons. The van der Waals surface area contributed by atoms with E-state index in [1.54, 1.807) is 18.2 Å². The Bertz CT molecular complexity index is 997. The Balaban J connectivity index is 1.20. The van der Waals surface area contributed by atoms with E-state index < -0.39 is 10.0 Å². The first-order valence-corrected chi connectivity index (χ1v) is 12.7. The highest BCUT2D eigenvalue weighted by Gasteiger charge is 2.22. The van der Waals surface area contributed by atoms with Gasteiger partial charge in [-0.05, 0) is 48.8 Å². The van der Waals surface area contributed by atoms with Gasteiger partial charge in [-0.15, -0.1) is 0 Å². The van der Waals surface area contributed by atoms with Crippen LogP contribution in [0.3, 0.4) is 0 Å². The number of carbonyl (C=O) groups is 1. The Hall–Kier alpha value is -2.00. The zero-order valence-corrected chi connectivity index (χ0v) is 18.8. The molecular formula is C23H32N4O3S. The molecular weight excluding hydrogens is 412 g/mol. The Morgan fingerprint density at radius 2 is 1.48 bits per heavy atom. The number of piperazine rings is 1. The van der Waals surface area contributed by atoms with Crippen molar-refractivity contribution < 1.29 is 13.2 Å². The molecule has 0 aromatic heterocycles. The molecule has 0 saturated carbocycles. The molecule has 31 heavy (non-hydrogen) atoms. The van der Waals surface area contributed by atoms with Crippen molar-refractivity contribution in [3.63, 3.8) is 0 Å². The molecule has 4 rings (SSSR count). The number of hydrogen-bond donors (Lipinski definition) is 1. The van der Waals surface area contributed by atoms with E-state index in [2.05, 4.69) is 14.5 Å². The molecule has 0 radical (unpaired) electrons. The third kappa shape index (κ3) is 5.83. The number of rotatable bonds is 8. The van der Waals surface area contributed by atoms with Gasteiger partial charge in [-0.2, -0.15) is 0 Å². The molecule has 2 saturated heterocycles. The fourth-order valence-electron chi connectivity index (χ4n) is 4.38. The molecule has 0 aliphatic carbocycles. The monoisotopic (exact) mass is 444 g/mol. The summed E-state index contributed by atoms with van der Waals surface area (Å²) in [7, 11) is -3.64. The normalized spacial score (nSPS) is 18.6. The van der Waals surface area contributed by atoms with Crippen molar-refractivity contribution in [1.29, 1.82) is 0 Å². The predicted octanol–water partition coefficient (Wildman–Crippen LogP) is 1.75. The van der Waals surface area contributed by atoms with Crippen molar-refractivity contribution in [2.24, 2.45) is 0 Å². The maximum absolute atomic E-state index is 12.6. The quantitative estimate of drug-likeness (QED) is 0.672. The van der Waals surface area contributed by atoms with Crippen LogP contribution in [0.5, 0.6) is 0 Å². The van der Waals surface area contributed by atoms with Gasteiger partial charge in [-0.1, -0.05) is 30.3 Å². The summed E-state index contributed by atoms with van der Waals surface area (Å²) in [5.41, 5.74) is 0. The average molecular weight is 445 g/mol. The largest absolute Gasteiger partial charge is 0.340 e. The highest BCUT2D eigenvalue weighted by Crippen LogP contribution is 2.18. The molecule has 1 N–H and O–H groups in total. The first kappa shape index (κ1) is 22.2. The third-order valence-corrected chi connectivity index (χ3v) is 7.78. The van der Waals surface area contributed by atoms with Gasteiger partial charge in [0.2, 0.25) is 15.9 Å². The molecule has 0 unspecified atom stereocenters. The van der Waals surface area contributed by atoms with E-state index in [0.29, 0.717) is 0 Å². The third-order valence-electron chi connectivity index (χ3n) is 6.32. The minimum absolute atomic E-state index is 0.0143. The molecule has 0 bridgehead atoms. The molecule has 0 atom stereocenters. The van der Waals surface area contributed by atoms with E-state index in [1.807, 2.05) is 29.2 Å². The van der Waals surface area contributed by atoms with Crippen LogP contribution in [-0.4, -0.2) is 87.9 Å². The van der Waals surface area contributed by atoms with Gasteiger partial charge in [0.1, 0.15) is 0 Å². The van der Waals surface area contributed by atoms with Crippen LogP contribution in [0.25, 0.3) is 10.8 Å². The number of likely N-dealkylation sites (tertiary alicyclic amines) is 1. The lowest BCUT2D eigenvalue weighted by molar-refractivity contribution is -0.132. The SMILES string of the molecule is O=C(CCNS(=O)(=O)c1ccc2ccccc2c1)N1CCN(CCN2CCCC2)CC1. The number of amides is 1. The van der Waals surface area contributed by atoms with Crippen LogP contribution in [0.4, 0.5) is 0 Å². The van der Waals surface area contributed by atoms with Crippen molar-refractivity contribution in [1.82, 2.24) is 19.4 Å². The van der Waals surface area contributed by atoms with Gasteiger partial charge in [-0.3, -0.25) is 9.69 Å². The van der Waals surface area contributed by atoms with Crippen LogP contribution in [-0.2, 0) is 14.8 Å². The molecule has 2 aromatic carbocycles. The fraction of sp³-hybridized carbons (Fsp3) is 0.522. The maximum atomic E-state index is 12.6. The van der Waals surface area contributed by atoms with Crippen molar-refractivity contribution >= 4 is 26.7 Å². The van der Waals surface area contributed by atoms with Crippen molar-refractivity contribution in [2.75, 3.05) is 58.9 Å². The van der Waals surface area contributed by atoms with Gasteiger partial charge >= 0.3 is 0 Å². The number of sulfonamides is 1. The van der Waals surface area contributed by atoms with Crippen LogP contribution in [0.2, 0.25) is 0 Å². The molecule has 2 aliphatic heterocycles. The van der Waals surface area contributed by atoms with Crippen LogP contribution in [0.1, 0.15) is 19.3 Å². The summed E-state index contributed by atoms with van der Waals surface area (Å²) in [6, 6.07) is 12.7. The summed E-state index contributed by atoms with van der Waals surface area (Å²) in [4.78, 5) is 19.6. The molecule has 2 fully saturated rings. The number of benzene rings is 2. The highest BCUT2D eigenvalue weighted by molar-refractivity contribution is 7.89. The van der Waals surface area contributed by atoms with E-state index in [1.165, 1.54) is 25.9 Å². The first-order valence-electron chi connectivity index (χ1n) is 11.2. The second-order valence-electron chi connectivity index (χ2n) is 8.43. The lowest BCUT2D eigenvalue weighted by atomic mass is 10.1. The van der Waals surface area contributed by atoms with E-state index in [9.17, 15) is 13.2 Å². The number of carbonyl (C=O) groups excluding carboxylic acids is 1. The second-order valence-corrected chi connectivity index (χ2v) is 10.2. The Morgan fingerprint density at radius 1 is 0.839 bits per heavy atom. The zero-order chi connectivity index (χ0) is 21.7. The number of fused-ring (bicyclic) bond motifs is 1. The van der Waals surface area contributed by atoms with Crippen LogP contribution < -0.4 is 4.72 Å². The van der Waals surface area contributed by atoms with Gasteiger partial charge < -0.3 is 9.80 Å². The lowest BCUT2D eigenvalue weighted by Crippen LogP contribution is -2.50. The van der Waals surface area contributed by atoms with Crippen LogP contribution in [0.15, 0.2) is 47.4 Å². The summed E-state index contributed by atoms with van der Waals surface area (Å²) < 4.78 is 27.8. The molecule has 2 heterocycles.